The molecule has 0 aliphatic carbocycles. The Kier molecular flexibility index (Phi) is 3.68. The number of nitrogens with one attached hydrogen (secondary N) is 1. The Morgan fingerprint density at radius 1 is 1.12 bits per heavy atom. The quantitative estimate of drug-likeness (QED) is 0.760. The van der Waals surface area contributed by atoms with Gasteiger partial charge in [0.25, 0.3) is 5.92 Å². The van der Waals surface area contributed by atoms with Gasteiger partial charge in [0, 0.05) is 5.39 Å². The smallest absolute Gasteiger partial charge is 0.275 e. The number of hydrogen-bond donors (Lipinski definition) is 1. The molecular formula is C18H17F2N3O2S. The van der Waals surface area contributed by atoms with Gasteiger partial charge < -0.3 is 0 Å². The number of alkyl halides is 2. The highest BCUT2D eigenvalue weighted by molar-refractivity contribution is 7.89. The summed E-state index contributed by atoms with van der Waals surface area (Å²) >= 11 is 0. The van der Waals surface area contributed by atoms with E-state index in [1.807, 2.05) is 26.0 Å². The van der Waals surface area contributed by atoms with Gasteiger partial charge >= 0.3 is 0 Å². The van der Waals surface area contributed by atoms with Gasteiger partial charge in [-0.3, -0.25) is 5.10 Å². The zero-order chi connectivity index (χ0) is 18.7. The number of sulfonamides is 1. The van der Waals surface area contributed by atoms with E-state index >= 15 is 0 Å². The predicted molar refractivity (Wildman–Crippen MR) is 94.7 cm³/mol. The van der Waals surface area contributed by atoms with Crippen LogP contribution < -0.4 is 0 Å². The molecule has 26 heavy (non-hydrogen) atoms. The highest BCUT2D eigenvalue weighted by Gasteiger charge is 2.49. The Morgan fingerprint density at radius 3 is 2.46 bits per heavy atom. The van der Waals surface area contributed by atoms with E-state index in [2.05, 4.69) is 10.2 Å². The number of hydrogen-bond acceptors (Lipinski definition) is 3. The van der Waals surface area contributed by atoms with Gasteiger partial charge in [0.05, 0.1) is 29.7 Å². The van der Waals surface area contributed by atoms with Gasteiger partial charge in [0.1, 0.15) is 0 Å². The van der Waals surface area contributed by atoms with Crippen molar-refractivity contribution >= 4 is 20.9 Å². The Morgan fingerprint density at radius 2 is 1.81 bits per heavy atom. The number of aryl methyl sites for hydroxylation is 2. The van der Waals surface area contributed by atoms with Crippen molar-refractivity contribution in [2.45, 2.75) is 24.7 Å². The number of rotatable bonds is 3. The van der Waals surface area contributed by atoms with Crippen molar-refractivity contribution in [2.75, 3.05) is 13.1 Å². The molecule has 0 unspecified atom stereocenters. The van der Waals surface area contributed by atoms with E-state index in [4.69, 9.17) is 0 Å². The van der Waals surface area contributed by atoms with Crippen LogP contribution in [0.15, 0.2) is 41.4 Å². The molecule has 5 nitrogen and oxygen atoms in total. The largest absolute Gasteiger partial charge is 0.278 e. The average Bonchev–Trinajstić information content (AvgIpc) is 3.03. The maximum absolute atomic E-state index is 13.0. The first kappa shape index (κ1) is 17.1. The molecule has 0 spiro atoms. The second-order valence-corrected chi connectivity index (χ2v) is 8.61. The van der Waals surface area contributed by atoms with E-state index in [9.17, 15) is 17.2 Å². The van der Waals surface area contributed by atoms with Crippen LogP contribution in [-0.2, 0) is 10.0 Å². The van der Waals surface area contributed by atoms with Crippen LogP contribution in [0.2, 0.25) is 0 Å². The van der Waals surface area contributed by atoms with Crippen LogP contribution in [0.4, 0.5) is 8.78 Å². The molecule has 1 aliphatic heterocycles. The van der Waals surface area contributed by atoms with Crippen molar-refractivity contribution < 1.29 is 17.2 Å². The van der Waals surface area contributed by atoms with Crippen molar-refractivity contribution in [1.29, 1.82) is 0 Å². The van der Waals surface area contributed by atoms with E-state index in [1.165, 1.54) is 6.07 Å². The summed E-state index contributed by atoms with van der Waals surface area (Å²) in [5, 5.41) is 7.96. The number of aromatic nitrogens is 2. The molecule has 0 amide bonds. The van der Waals surface area contributed by atoms with Gasteiger partial charge in [-0.25, -0.2) is 17.2 Å². The van der Waals surface area contributed by atoms with Gasteiger partial charge in [-0.05, 0) is 54.3 Å². The second-order valence-electron chi connectivity index (χ2n) is 6.68. The number of nitrogens with zero attached hydrogens (tertiary/aromatic N) is 2. The lowest BCUT2D eigenvalue weighted by atomic mass is 9.95. The van der Waals surface area contributed by atoms with Crippen LogP contribution in [-0.4, -0.2) is 41.9 Å². The number of halogens is 2. The van der Waals surface area contributed by atoms with Gasteiger partial charge in [-0.1, -0.05) is 12.1 Å². The van der Waals surface area contributed by atoms with Crippen LogP contribution in [0.25, 0.3) is 22.0 Å². The van der Waals surface area contributed by atoms with Gasteiger partial charge in [0.2, 0.25) is 10.0 Å². The van der Waals surface area contributed by atoms with Crippen molar-refractivity contribution in [3.05, 3.63) is 47.7 Å². The van der Waals surface area contributed by atoms with Crippen molar-refractivity contribution in [1.82, 2.24) is 14.5 Å². The predicted octanol–water partition coefficient (Wildman–Crippen LogP) is 3.49. The standard InChI is InChI=1S/C18H17F2N3O2S/c1-11-7-13(26(24,25)23-9-18(19,20)10-23)3-4-14(11)15-5-6-17-16(12(15)2)8-21-22-17/h3-8H,9-10H2,1-2H3,(H,21,22). The van der Waals surface area contributed by atoms with Gasteiger partial charge in [-0.15, -0.1) is 0 Å². The molecule has 8 heteroatoms. The van der Waals surface area contributed by atoms with Crippen LogP contribution in [0.3, 0.4) is 0 Å². The lowest BCUT2D eigenvalue weighted by Gasteiger charge is -2.37. The molecule has 0 bridgehead atoms. The fourth-order valence-electron chi connectivity index (χ4n) is 3.34. The van der Waals surface area contributed by atoms with Crippen LogP contribution in [0, 0.1) is 13.8 Å². The molecule has 2 aromatic carbocycles. The molecule has 1 saturated heterocycles. The number of benzene rings is 2. The summed E-state index contributed by atoms with van der Waals surface area (Å²) in [7, 11) is -3.89. The molecule has 1 aromatic heterocycles. The second kappa shape index (κ2) is 5.59. The molecule has 0 radical (unpaired) electrons. The Labute approximate surface area is 149 Å². The summed E-state index contributed by atoms with van der Waals surface area (Å²) in [4.78, 5) is 0.0382. The fourth-order valence-corrected chi connectivity index (χ4v) is 4.92. The van der Waals surface area contributed by atoms with E-state index < -0.39 is 29.0 Å². The van der Waals surface area contributed by atoms with Crippen LogP contribution in [0.1, 0.15) is 11.1 Å². The molecule has 0 atom stereocenters. The maximum Gasteiger partial charge on any atom is 0.275 e. The zero-order valence-corrected chi connectivity index (χ0v) is 15.1. The topological polar surface area (TPSA) is 66.1 Å². The SMILES string of the molecule is Cc1cc(S(=O)(=O)N2CC(F)(F)C2)ccc1-c1ccc2[nH]ncc2c1C. The molecule has 136 valence electrons. The van der Waals surface area contributed by atoms with E-state index in [-0.39, 0.29) is 4.90 Å². The molecule has 2 heterocycles. The molecular weight excluding hydrogens is 360 g/mol. The third kappa shape index (κ3) is 2.60. The lowest BCUT2D eigenvalue weighted by molar-refractivity contribution is -0.0945. The van der Waals surface area contributed by atoms with E-state index in [1.54, 1.807) is 18.3 Å². The zero-order valence-electron chi connectivity index (χ0n) is 14.3. The number of aromatic amines is 1. The van der Waals surface area contributed by atoms with Crippen LogP contribution in [0.5, 0.6) is 0 Å². The third-order valence-corrected chi connectivity index (χ3v) is 6.62. The first-order chi connectivity index (χ1) is 12.2. The normalized spacial score (nSPS) is 17.4. The molecule has 1 aliphatic rings. The fraction of sp³-hybridized carbons (Fsp3) is 0.278. The minimum Gasteiger partial charge on any atom is -0.278 e. The summed E-state index contributed by atoms with van der Waals surface area (Å²) in [6, 6.07) is 8.64. The Bertz CT molecular complexity index is 1110. The molecule has 0 saturated carbocycles. The summed E-state index contributed by atoms with van der Waals surface area (Å²) in [5.74, 6) is -2.93. The van der Waals surface area contributed by atoms with Gasteiger partial charge in [-0.2, -0.15) is 9.40 Å². The van der Waals surface area contributed by atoms with E-state index in [0.717, 1.165) is 37.5 Å². The molecule has 1 fully saturated rings. The van der Waals surface area contributed by atoms with Crippen LogP contribution >= 0.6 is 0 Å². The molecule has 3 aromatic rings. The molecule has 1 N–H and O–H groups in total. The summed E-state index contributed by atoms with van der Waals surface area (Å²) < 4.78 is 51.9. The first-order valence-electron chi connectivity index (χ1n) is 8.11. The Balaban J connectivity index is 1.73. The number of H-pyrrole nitrogens is 1. The van der Waals surface area contributed by atoms with Gasteiger partial charge in [0.15, 0.2) is 0 Å². The monoisotopic (exact) mass is 377 g/mol. The first-order valence-corrected chi connectivity index (χ1v) is 9.55. The van der Waals surface area contributed by atoms with Crippen molar-refractivity contribution in [3.63, 3.8) is 0 Å². The van der Waals surface area contributed by atoms with Crippen molar-refractivity contribution in [3.8, 4) is 11.1 Å². The Hall–Kier alpha value is -2.32. The summed E-state index contributed by atoms with van der Waals surface area (Å²) in [5.41, 5.74) is 4.62. The lowest BCUT2D eigenvalue weighted by Crippen LogP contribution is -2.58. The highest BCUT2D eigenvalue weighted by Crippen LogP contribution is 2.35. The van der Waals surface area contributed by atoms with E-state index in [0.29, 0.717) is 0 Å². The third-order valence-electron chi connectivity index (χ3n) is 4.83. The average molecular weight is 377 g/mol. The highest BCUT2D eigenvalue weighted by atomic mass is 32.2. The summed E-state index contributed by atoms with van der Waals surface area (Å²) in [6.07, 6.45) is 1.76. The minimum atomic E-state index is -3.89. The van der Waals surface area contributed by atoms with Crippen molar-refractivity contribution in [2.24, 2.45) is 0 Å². The minimum absolute atomic E-state index is 0.0382. The molecule has 4 rings (SSSR count). The summed E-state index contributed by atoms with van der Waals surface area (Å²) in [6.45, 7) is 2.29. The maximum atomic E-state index is 13.0. The number of fused-ring (bicyclic) bond motifs is 1.